The zero-order valence-corrected chi connectivity index (χ0v) is 20.3. The van der Waals surface area contributed by atoms with Crippen LogP contribution in [-0.4, -0.2) is 67.4 Å². The van der Waals surface area contributed by atoms with Gasteiger partial charge >= 0.3 is 5.65 Å². The van der Waals surface area contributed by atoms with E-state index in [9.17, 15) is 19.5 Å². The molecule has 0 unspecified atom stereocenters. The summed E-state index contributed by atoms with van der Waals surface area (Å²) < 4.78 is 3.30. The molecule has 0 bridgehead atoms. The highest BCUT2D eigenvalue weighted by Gasteiger charge is 2.53. The number of carboxylic acid groups (broad SMARTS) is 1. The second-order valence-electron chi connectivity index (χ2n) is 7.76. The Balaban J connectivity index is 1.37. The minimum absolute atomic E-state index is 0.177. The molecule has 1 saturated heterocycles. The molecule has 1 fully saturated rings. The smallest absolute Gasteiger partial charge is 0.310 e. The van der Waals surface area contributed by atoms with Gasteiger partial charge in [-0.25, -0.2) is 9.58 Å². The number of hydrazine groups is 1. The summed E-state index contributed by atoms with van der Waals surface area (Å²) in [4.78, 5) is 46.6. The van der Waals surface area contributed by atoms with Gasteiger partial charge in [-0.1, -0.05) is 14.8 Å². The lowest BCUT2D eigenvalue weighted by atomic mass is 10.0. The summed E-state index contributed by atoms with van der Waals surface area (Å²) in [6.45, 7) is 0.177. The lowest BCUT2D eigenvalue weighted by molar-refractivity contribution is -0.666. The van der Waals surface area contributed by atoms with E-state index in [0.29, 0.717) is 27.8 Å². The van der Waals surface area contributed by atoms with E-state index >= 15 is 0 Å². The number of aromatic nitrogens is 3. The van der Waals surface area contributed by atoms with Gasteiger partial charge in [0.1, 0.15) is 30.1 Å². The number of nitrogen functional groups attached to an aromatic ring is 1. The first-order valence-corrected chi connectivity index (χ1v) is 12.3. The summed E-state index contributed by atoms with van der Waals surface area (Å²) in [5.41, 5.74) is 12.6. The highest BCUT2D eigenvalue weighted by atomic mass is 32.2. The molecule has 2 aromatic rings. The summed E-state index contributed by atoms with van der Waals surface area (Å²) in [5.74, 6) is -2.23. The molecule has 2 amide bonds. The lowest BCUT2D eigenvalue weighted by Crippen LogP contribution is -2.72. The average molecular weight is 533 g/mol. The predicted molar refractivity (Wildman–Crippen MR) is 126 cm³/mol. The van der Waals surface area contributed by atoms with Gasteiger partial charge in [-0.15, -0.1) is 11.8 Å². The Hall–Kier alpha value is -3.96. The number of carbonyl (C=O) groups is 3. The lowest BCUT2D eigenvalue weighted by Gasteiger charge is -2.50. The van der Waals surface area contributed by atoms with Crippen LogP contribution in [0, 0.1) is 0 Å². The number of fused-ring (bicyclic) bond motifs is 2. The quantitative estimate of drug-likeness (QED) is 0.0752. The van der Waals surface area contributed by atoms with Crippen LogP contribution in [0.25, 0.3) is 5.65 Å². The van der Waals surface area contributed by atoms with Gasteiger partial charge in [0.25, 0.3) is 17.6 Å². The molecule has 3 aliphatic heterocycles. The number of hydrogen-bond donors (Lipinski definition) is 4. The summed E-state index contributed by atoms with van der Waals surface area (Å²) in [6, 6.07) is 2.42. The molecule has 6 N–H and O–H groups in total. The van der Waals surface area contributed by atoms with Crippen molar-refractivity contribution in [2.24, 2.45) is 10.9 Å². The highest BCUT2D eigenvalue weighted by molar-refractivity contribution is 8.01. The van der Waals surface area contributed by atoms with Crippen molar-refractivity contribution in [1.82, 2.24) is 29.7 Å². The molecule has 0 spiro atoms. The summed E-state index contributed by atoms with van der Waals surface area (Å²) in [5, 5.41) is 23.6. The van der Waals surface area contributed by atoms with Gasteiger partial charge in [0.2, 0.25) is 5.82 Å². The fourth-order valence-corrected chi connectivity index (χ4v) is 5.87. The average Bonchev–Trinajstić information content (AvgIpc) is 3.52. The van der Waals surface area contributed by atoms with E-state index in [4.69, 9.17) is 16.3 Å². The van der Waals surface area contributed by atoms with Gasteiger partial charge in [-0.3, -0.25) is 14.5 Å². The maximum Gasteiger partial charge on any atom is 0.310 e. The molecule has 5 heterocycles. The number of carbonyl (C=O) groups excluding carboxylic acids is 3. The first-order chi connectivity index (χ1) is 17.3. The summed E-state index contributed by atoms with van der Waals surface area (Å²) in [7, 11) is 1.27. The van der Waals surface area contributed by atoms with E-state index in [0.717, 1.165) is 16.8 Å². The Morgan fingerprint density at radius 3 is 2.92 bits per heavy atom. The first kappa shape index (κ1) is 23.8. The molecule has 0 aromatic carbocycles. The van der Waals surface area contributed by atoms with Gasteiger partial charge in [0, 0.05) is 17.4 Å². The number of carboxylic acids is 1. The van der Waals surface area contributed by atoms with Crippen LogP contribution >= 0.6 is 23.7 Å². The normalized spacial score (nSPS) is 21.9. The zero-order chi connectivity index (χ0) is 25.6. The number of nitrogens with one attached hydrogen (secondary N) is 2. The van der Waals surface area contributed by atoms with Gasteiger partial charge in [-0.05, 0) is 11.9 Å². The molecular weight excluding hydrogens is 512 g/mol. The molecule has 5 rings (SSSR count). The third-order valence-corrected chi connectivity index (χ3v) is 7.57. The van der Waals surface area contributed by atoms with Gasteiger partial charge in [0.15, 0.2) is 0 Å². The molecule has 0 aliphatic carbocycles. The fraction of sp³-hybridized carbons (Fsp3) is 0.263. The number of β-lactam (4-membered cyclic amide) rings is 1. The van der Waals surface area contributed by atoms with E-state index < -0.39 is 29.2 Å². The monoisotopic (exact) mass is 532 g/mol. The van der Waals surface area contributed by atoms with Crippen molar-refractivity contribution in [2.45, 2.75) is 18.0 Å². The number of anilines is 1. The molecule has 3 aliphatic rings. The topological polar surface area (TPSA) is 200 Å². The SMILES string of the molecule is CO/N=C(\C(=O)N[C@@H]1C(=O)N2C(C(=O)[O-])=C(C[n+]3ccc(N)n4nccc43)CS[C@H]12)N1C=C(N)SN1. The van der Waals surface area contributed by atoms with Crippen LogP contribution in [0.4, 0.5) is 5.82 Å². The number of rotatable bonds is 5. The number of aliphatic carboxylic acids is 1. The Morgan fingerprint density at radius 1 is 1.42 bits per heavy atom. The molecular formula is C19H20N10O5S2. The zero-order valence-electron chi connectivity index (χ0n) is 18.7. The molecule has 0 saturated carbocycles. The molecule has 2 aromatic heterocycles. The predicted octanol–water partition coefficient (Wildman–Crippen LogP) is -3.21. The van der Waals surface area contributed by atoms with Crippen molar-refractivity contribution in [3.05, 3.63) is 47.0 Å². The standard InChI is InChI=1S/C19H20N10O5S2/c1-34-24-15(27-7-11(21)36-25-27)16(30)23-13-17(31)28-14(19(32)33)9(8-35-18(13)28)6-26-5-3-10(20)29-12(26)2-4-22-29/h2-5,7,13,18,20,25H,6,8,21H2,1H3,(H2,23,30,32,33)/b24-15+/t13-,18-/m1/s1. The highest BCUT2D eigenvalue weighted by Crippen LogP contribution is 2.40. The van der Waals surface area contributed by atoms with Gasteiger partial charge in [-0.2, -0.15) is 4.83 Å². The van der Waals surface area contributed by atoms with Crippen molar-refractivity contribution >= 4 is 58.8 Å². The number of nitrogens with zero attached hydrogens (tertiary/aromatic N) is 6. The van der Waals surface area contributed by atoms with E-state index in [1.165, 1.54) is 34.6 Å². The van der Waals surface area contributed by atoms with Crippen molar-refractivity contribution in [3.63, 3.8) is 0 Å². The maximum absolute atomic E-state index is 13.0. The Morgan fingerprint density at radius 2 is 2.22 bits per heavy atom. The Kier molecular flexibility index (Phi) is 6.10. The number of nitrogens with two attached hydrogens (primary N) is 2. The maximum atomic E-state index is 13.0. The number of thioether (sulfide) groups is 1. The van der Waals surface area contributed by atoms with Crippen LogP contribution < -0.4 is 31.3 Å². The van der Waals surface area contributed by atoms with Crippen LogP contribution in [0.1, 0.15) is 0 Å². The van der Waals surface area contributed by atoms with E-state index in [1.54, 1.807) is 29.1 Å². The van der Waals surface area contributed by atoms with Gasteiger partial charge in [0.05, 0.1) is 36.3 Å². The first-order valence-electron chi connectivity index (χ1n) is 10.4. The molecule has 15 nitrogen and oxygen atoms in total. The van der Waals surface area contributed by atoms with Crippen molar-refractivity contribution in [1.29, 1.82) is 0 Å². The van der Waals surface area contributed by atoms with Crippen molar-refractivity contribution in [3.8, 4) is 0 Å². The van der Waals surface area contributed by atoms with Crippen LogP contribution in [0.15, 0.2) is 52.2 Å². The van der Waals surface area contributed by atoms with E-state index in [-0.39, 0.29) is 18.1 Å². The van der Waals surface area contributed by atoms with Crippen LogP contribution in [0.5, 0.6) is 0 Å². The van der Waals surface area contributed by atoms with Crippen LogP contribution in [0.3, 0.4) is 0 Å². The minimum Gasteiger partial charge on any atom is -0.543 e. The number of amidine groups is 1. The van der Waals surface area contributed by atoms with Crippen molar-refractivity contribution in [2.75, 3.05) is 18.6 Å². The molecule has 36 heavy (non-hydrogen) atoms. The van der Waals surface area contributed by atoms with Crippen molar-refractivity contribution < 1.29 is 28.9 Å². The second kappa shape index (κ2) is 9.25. The minimum atomic E-state index is -1.48. The third kappa shape index (κ3) is 3.95. The summed E-state index contributed by atoms with van der Waals surface area (Å²) in [6.07, 6.45) is 4.73. The second-order valence-corrected chi connectivity index (χ2v) is 9.73. The van der Waals surface area contributed by atoms with Crippen LogP contribution in [-0.2, 0) is 25.8 Å². The number of hydrogen-bond acceptors (Lipinski definition) is 12. The van der Waals surface area contributed by atoms with Gasteiger partial charge < -0.3 is 31.5 Å². The molecule has 2 atom stereocenters. The Labute approximate surface area is 211 Å². The third-order valence-electron chi connectivity index (χ3n) is 5.60. The Bertz CT molecular complexity index is 1370. The van der Waals surface area contributed by atoms with E-state index in [1.807, 2.05) is 0 Å². The van der Waals surface area contributed by atoms with Crippen LogP contribution in [0.2, 0.25) is 0 Å². The molecule has 0 radical (unpaired) electrons. The fourth-order valence-electron chi connectivity index (χ4n) is 4.03. The molecule has 188 valence electrons. The summed E-state index contributed by atoms with van der Waals surface area (Å²) >= 11 is 2.40. The number of oxime groups is 1. The largest absolute Gasteiger partial charge is 0.543 e. The number of amides is 2. The molecule has 17 heteroatoms. The van der Waals surface area contributed by atoms with E-state index in [2.05, 4.69) is 20.4 Å².